The molecule has 1 heterocycles. The number of thiocarbonyl (C=S) groups is 1. The Bertz CT molecular complexity index is 1230. The SMILES string of the molecule is COC(=O)[C@@H](N)Cc1ccc(Oc2ccc(C=C3SC(=S)N(CC(=O)O)C3=O)cc2C(F)(F)F)cc1. The van der Waals surface area contributed by atoms with Gasteiger partial charge in [0.25, 0.3) is 5.91 Å². The average molecular weight is 541 g/mol. The highest BCUT2D eigenvalue weighted by molar-refractivity contribution is 8.26. The van der Waals surface area contributed by atoms with E-state index >= 15 is 0 Å². The second-order valence-corrected chi connectivity index (χ2v) is 9.17. The van der Waals surface area contributed by atoms with E-state index in [-0.39, 0.29) is 27.0 Å². The Labute approximate surface area is 212 Å². The second-order valence-electron chi connectivity index (χ2n) is 7.49. The Morgan fingerprint density at radius 1 is 1.22 bits per heavy atom. The molecule has 190 valence electrons. The van der Waals surface area contributed by atoms with E-state index in [0.29, 0.717) is 5.56 Å². The zero-order chi connectivity index (χ0) is 26.6. The van der Waals surface area contributed by atoms with E-state index in [2.05, 4.69) is 4.74 Å². The first-order valence-electron chi connectivity index (χ1n) is 10.2. The summed E-state index contributed by atoms with van der Waals surface area (Å²) in [6.07, 6.45) is -3.39. The number of carboxylic acid groups (broad SMARTS) is 1. The van der Waals surface area contributed by atoms with Gasteiger partial charge in [-0.25, -0.2) is 0 Å². The Morgan fingerprint density at radius 3 is 2.47 bits per heavy atom. The Balaban J connectivity index is 1.82. The number of carboxylic acids is 1. The molecule has 1 aliphatic rings. The average Bonchev–Trinajstić information content (AvgIpc) is 3.06. The molecule has 0 radical (unpaired) electrons. The number of alkyl halides is 3. The van der Waals surface area contributed by atoms with Crippen LogP contribution in [0.2, 0.25) is 0 Å². The van der Waals surface area contributed by atoms with Crippen molar-refractivity contribution in [3.63, 3.8) is 0 Å². The van der Waals surface area contributed by atoms with E-state index < -0.39 is 47.9 Å². The number of halogens is 3. The summed E-state index contributed by atoms with van der Waals surface area (Å²) in [5, 5.41) is 8.90. The molecule has 1 amide bonds. The molecule has 0 saturated carbocycles. The van der Waals surface area contributed by atoms with Crippen molar-refractivity contribution in [3.8, 4) is 11.5 Å². The van der Waals surface area contributed by atoms with Crippen molar-refractivity contribution in [1.82, 2.24) is 4.90 Å². The number of amides is 1. The van der Waals surface area contributed by atoms with Gasteiger partial charge < -0.3 is 20.3 Å². The third-order valence-corrected chi connectivity index (χ3v) is 6.26. The lowest BCUT2D eigenvalue weighted by Gasteiger charge is -2.15. The lowest BCUT2D eigenvalue weighted by molar-refractivity contribution is -0.142. The molecule has 1 saturated heterocycles. The van der Waals surface area contributed by atoms with E-state index in [9.17, 15) is 27.6 Å². The zero-order valence-corrected chi connectivity index (χ0v) is 20.2. The van der Waals surface area contributed by atoms with Gasteiger partial charge in [0.05, 0.1) is 17.6 Å². The van der Waals surface area contributed by atoms with Crippen LogP contribution in [0.15, 0.2) is 47.4 Å². The summed E-state index contributed by atoms with van der Waals surface area (Å²) >= 11 is 5.80. The summed E-state index contributed by atoms with van der Waals surface area (Å²) in [6, 6.07) is 8.42. The van der Waals surface area contributed by atoms with Gasteiger partial charge in [-0.2, -0.15) is 13.2 Å². The third kappa shape index (κ3) is 6.62. The van der Waals surface area contributed by atoms with Gasteiger partial charge in [0.2, 0.25) is 0 Å². The molecule has 13 heteroatoms. The van der Waals surface area contributed by atoms with E-state index in [1.54, 1.807) is 12.1 Å². The lowest BCUT2D eigenvalue weighted by Crippen LogP contribution is -2.33. The number of methoxy groups -OCH3 is 1. The summed E-state index contributed by atoms with van der Waals surface area (Å²) in [5.41, 5.74) is 5.35. The van der Waals surface area contributed by atoms with Crippen molar-refractivity contribution >= 4 is 52.2 Å². The van der Waals surface area contributed by atoms with Crippen LogP contribution in [0.1, 0.15) is 16.7 Å². The number of carbonyl (C=O) groups excluding carboxylic acids is 2. The molecule has 2 aromatic carbocycles. The van der Waals surface area contributed by atoms with E-state index in [4.69, 9.17) is 27.8 Å². The van der Waals surface area contributed by atoms with Gasteiger partial charge in [0.1, 0.15) is 28.4 Å². The fourth-order valence-electron chi connectivity index (χ4n) is 3.18. The van der Waals surface area contributed by atoms with Gasteiger partial charge in [-0.1, -0.05) is 42.2 Å². The number of nitrogens with two attached hydrogens (primary N) is 1. The molecule has 0 unspecified atom stereocenters. The van der Waals surface area contributed by atoms with Crippen molar-refractivity contribution in [1.29, 1.82) is 0 Å². The van der Waals surface area contributed by atoms with Crippen molar-refractivity contribution < 1.29 is 42.1 Å². The molecule has 0 spiro atoms. The van der Waals surface area contributed by atoms with Crippen LogP contribution in [-0.2, 0) is 31.7 Å². The van der Waals surface area contributed by atoms with Gasteiger partial charge in [-0.3, -0.25) is 19.3 Å². The van der Waals surface area contributed by atoms with Crippen LogP contribution in [0.3, 0.4) is 0 Å². The Morgan fingerprint density at radius 2 is 1.89 bits per heavy atom. The molecule has 0 aliphatic carbocycles. The van der Waals surface area contributed by atoms with Crippen LogP contribution < -0.4 is 10.5 Å². The van der Waals surface area contributed by atoms with Gasteiger partial charge in [-0.15, -0.1) is 0 Å². The molecule has 1 fully saturated rings. The molecular formula is C23H19F3N2O6S2. The number of esters is 1. The zero-order valence-electron chi connectivity index (χ0n) is 18.6. The Hall–Kier alpha value is -3.42. The number of thioether (sulfide) groups is 1. The monoisotopic (exact) mass is 540 g/mol. The molecule has 1 atom stereocenters. The summed E-state index contributed by atoms with van der Waals surface area (Å²) in [7, 11) is 1.21. The number of carbonyl (C=O) groups is 3. The smallest absolute Gasteiger partial charge is 0.420 e. The minimum absolute atomic E-state index is 0.000590. The second kappa shape index (κ2) is 11.1. The van der Waals surface area contributed by atoms with Gasteiger partial charge in [-0.05, 0) is 47.9 Å². The first kappa shape index (κ1) is 27.2. The predicted octanol–water partition coefficient (Wildman–Crippen LogP) is 3.83. The van der Waals surface area contributed by atoms with Crippen molar-refractivity contribution in [2.24, 2.45) is 5.73 Å². The minimum atomic E-state index is -4.77. The predicted molar refractivity (Wildman–Crippen MR) is 129 cm³/mol. The quantitative estimate of drug-likeness (QED) is 0.293. The largest absolute Gasteiger partial charge is 0.480 e. The number of ether oxygens (including phenoxy) is 2. The van der Waals surface area contributed by atoms with Crippen molar-refractivity contribution in [2.75, 3.05) is 13.7 Å². The third-order valence-electron chi connectivity index (χ3n) is 4.88. The summed E-state index contributed by atoms with van der Waals surface area (Å²) in [4.78, 5) is 35.6. The van der Waals surface area contributed by atoms with Crippen LogP contribution in [0.5, 0.6) is 11.5 Å². The summed E-state index contributed by atoms with van der Waals surface area (Å²) in [6.45, 7) is -0.643. The fourth-order valence-corrected chi connectivity index (χ4v) is 4.44. The number of hydrogen-bond donors (Lipinski definition) is 2. The first-order chi connectivity index (χ1) is 16.9. The standard InChI is InChI=1S/C23H19F3N2O6S2/c1-33-21(32)16(27)9-12-2-5-14(6-3-12)34-17-7-4-13(8-15(17)23(24,25)26)10-18-20(31)28(11-19(29)30)22(35)36-18/h2-8,10,16H,9,11,27H2,1H3,(H,29,30)/t16-/m0/s1. The van der Waals surface area contributed by atoms with Gasteiger partial charge in [0.15, 0.2) is 0 Å². The molecule has 1 aliphatic heterocycles. The Kier molecular flexibility index (Phi) is 8.38. The van der Waals surface area contributed by atoms with Crippen molar-refractivity contribution in [2.45, 2.75) is 18.6 Å². The van der Waals surface area contributed by atoms with E-state index in [0.717, 1.165) is 28.8 Å². The summed E-state index contributed by atoms with van der Waals surface area (Å²) in [5.74, 6) is -2.90. The van der Waals surface area contributed by atoms with Gasteiger partial charge >= 0.3 is 18.1 Å². The number of aliphatic carboxylic acids is 1. The molecular weight excluding hydrogens is 521 g/mol. The van der Waals surface area contributed by atoms with E-state index in [1.165, 1.54) is 31.4 Å². The van der Waals surface area contributed by atoms with E-state index in [1.807, 2.05) is 0 Å². The summed E-state index contributed by atoms with van der Waals surface area (Å²) < 4.78 is 51.4. The molecule has 8 nitrogen and oxygen atoms in total. The maximum absolute atomic E-state index is 13.8. The minimum Gasteiger partial charge on any atom is -0.480 e. The molecule has 0 bridgehead atoms. The van der Waals surface area contributed by atoms with Crippen LogP contribution in [0.4, 0.5) is 13.2 Å². The highest BCUT2D eigenvalue weighted by atomic mass is 32.2. The highest BCUT2D eigenvalue weighted by Crippen LogP contribution is 2.40. The molecule has 2 aromatic rings. The molecule has 36 heavy (non-hydrogen) atoms. The maximum Gasteiger partial charge on any atom is 0.420 e. The molecule has 0 aromatic heterocycles. The van der Waals surface area contributed by atoms with Crippen LogP contribution in [0, 0.1) is 0 Å². The van der Waals surface area contributed by atoms with Crippen LogP contribution in [0.25, 0.3) is 6.08 Å². The topological polar surface area (TPSA) is 119 Å². The number of hydrogen-bond acceptors (Lipinski definition) is 8. The molecule has 3 N–H and O–H groups in total. The van der Waals surface area contributed by atoms with Crippen molar-refractivity contribution in [3.05, 3.63) is 64.1 Å². The normalized spacial score (nSPS) is 15.8. The number of benzene rings is 2. The lowest BCUT2D eigenvalue weighted by atomic mass is 10.1. The van der Waals surface area contributed by atoms with Crippen LogP contribution >= 0.6 is 24.0 Å². The first-order valence-corrected chi connectivity index (χ1v) is 11.4. The number of nitrogens with zero attached hydrogens (tertiary/aromatic N) is 1. The van der Waals surface area contributed by atoms with Gasteiger partial charge in [0, 0.05) is 0 Å². The molecule has 3 rings (SSSR count). The van der Waals surface area contributed by atoms with Crippen LogP contribution in [-0.4, -0.2) is 51.9 Å². The maximum atomic E-state index is 13.8. The number of rotatable bonds is 8. The fraction of sp³-hybridized carbons (Fsp3) is 0.217. The highest BCUT2D eigenvalue weighted by Gasteiger charge is 2.36.